The van der Waals surface area contributed by atoms with Crippen molar-refractivity contribution in [2.75, 3.05) is 32.7 Å². The van der Waals surface area contributed by atoms with Crippen molar-refractivity contribution >= 4 is 22.5 Å². The van der Waals surface area contributed by atoms with Gasteiger partial charge in [0, 0.05) is 54.8 Å². The first kappa shape index (κ1) is 12.0. The second-order valence-corrected chi connectivity index (χ2v) is 5.26. The van der Waals surface area contributed by atoms with E-state index in [-0.39, 0.29) is 0 Å². The fourth-order valence-electron chi connectivity index (χ4n) is 2.52. The summed E-state index contributed by atoms with van der Waals surface area (Å²) in [6.45, 7) is 5.57. The molecule has 0 unspecified atom stereocenters. The molecule has 0 saturated carbocycles. The molecule has 3 rings (SSSR count). The fraction of sp³-hybridized carbons (Fsp3) is 0.429. The van der Waals surface area contributed by atoms with Gasteiger partial charge >= 0.3 is 0 Å². The van der Waals surface area contributed by atoms with Crippen molar-refractivity contribution in [2.24, 2.45) is 0 Å². The highest BCUT2D eigenvalue weighted by atomic mass is 35.5. The van der Waals surface area contributed by atoms with Crippen LogP contribution in [0.1, 0.15) is 5.56 Å². The summed E-state index contributed by atoms with van der Waals surface area (Å²) in [6.07, 6.45) is 2.98. The van der Waals surface area contributed by atoms with Crippen LogP contribution in [0.5, 0.6) is 0 Å². The van der Waals surface area contributed by atoms with Crippen LogP contribution in [0.3, 0.4) is 0 Å². The maximum Gasteiger partial charge on any atom is 0.0457 e. The van der Waals surface area contributed by atoms with Crippen molar-refractivity contribution in [1.82, 2.24) is 15.2 Å². The molecule has 2 aromatic rings. The number of hydrogen-bond donors (Lipinski definition) is 2. The SMILES string of the molecule is Clc1cc2cc[nH]c2cc1CCN1CCNCC1. The van der Waals surface area contributed by atoms with Gasteiger partial charge in [0.2, 0.25) is 0 Å². The Kier molecular flexibility index (Phi) is 3.55. The van der Waals surface area contributed by atoms with Gasteiger partial charge in [-0.3, -0.25) is 0 Å². The zero-order valence-corrected chi connectivity index (χ0v) is 11.1. The fourth-order valence-corrected chi connectivity index (χ4v) is 2.79. The van der Waals surface area contributed by atoms with Crippen LogP contribution < -0.4 is 5.32 Å². The standard InChI is InChI=1S/C14H18ClN3/c15-13-9-12-1-3-17-14(12)10-11(13)2-6-18-7-4-16-5-8-18/h1,3,9-10,16-17H,2,4-8H2. The highest BCUT2D eigenvalue weighted by Gasteiger charge is 2.10. The van der Waals surface area contributed by atoms with E-state index in [4.69, 9.17) is 11.6 Å². The molecule has 2 heterocycles. The second-order valence-electron chi connectivity index (χ2n) is 4.85. The van der Waals surface area contributed by atoms with Gasteiger partial charge in [-0.2, -0.15) is 0 Å². The van der Waals surface area contributed by atoms with Gasteiger partial charge < -0.3 is 15.2 Å². The smallest absolute Gasteiger partial charge is 0.0457 e. The second kappa shape index (κ2) is 5.31. The quantitative estimate of drug-likeness (QED) is 0.890. The molecule has 0 spiro atoms. The predicted octanol–water partition coefficient (Wildman–Crippen LogP) is 2.27. The molecule has 1 aliphatic rings. The van der Waals surface area contributed by atoms with Crippen LogP contribution in [0.2, 0.25) is 5.02 Å². The predicted molar refractivity (Wildman–Crippen MR) is 76.3 cm³/mol. The van der Waals surface area contributed by atoms with Gasteiger partial charge in [-0.05, 0) is 30.2 Å². The van der Waals surface area contributed by atoms with Crippen molar-refractivity contribution in [2.45, 2.75) is 6.42 Å². The largest absolute Gasteiger partial charge is 0.361 e. The number of halogens is 1. The van der Waals surface area contributed by atoms with Crippen molar-refractivity contribution in [3.05, 3.63) is 35.0 Å². The molecule has 1 aromatic carbocycles. The Morgan fingerprint density at radius 1 is 1.22 bits per heavy atom. The van der Waals surface area contributed by atoms with Crippen LogP contribution in [0.4, 0.5) is 0 Å². The summed E-state index contributed by atoms with van der Waals surface area (Å²) < 4.78 is 0. The molecule has 1 aromatic heterocycles. The molecule has 3 nitrogen and oxygen atoms in total. The Balaban J connectivity index is 1.71. The lowest BCUT2D eigenvalue weighted by Gasteiger charge is -2.27. The first-order valence-electron chi connectivity index (χ1n) is 6.51. The lowest BCUT2D eigenvalue weighted by molar-refractivity contribution is 0.244. The number of piperazine rings is 1. The van der Waals surface area contributed by atoms with Crippen LogP contribution >= 0.6 is 11.6 Å². The minimum Gasteiger partial charge on any atom is -0.361 e. The molecule has 0 aliphatic carbocycles. The maximum absolute atomic E-state index is 6.33. The summed E-state index contributed by atoms with van der Waals surface area (Å²) in [7, 11) is 0. The first-order valence-corrected chi connectivity index (χ1v) is 6.89. The molecule has 2 N–H and O–H groups in total. The summed E-state index contributed by atoms with van der Waals surface area (Å²) in [5.74, 6) is 0. The van der Waals surface area contributed by atoms with Gasteiger partial charge in [0.15, 0.2) is 0 Å². The molecule has 1 saturated heterocycles. The van der Waals surface area contributed by atoms with E-state index in [1.807, 2.05) is 6.20 Å². The van der Waals surface area contributed by atoms with Crippen molar-refractivity contribution in [3.63, 3.8) is 0 Å². The molecular formula is C14H18ClN3. The molecule has 96 valence electrons. The molecule has 18 heavy (non-hydrogen) atoms. The molecule has 0 bridgehead atoms. The van der Waals surface area contributed by atoms with E-state index >= 15 is 0 Å². The summed E-state index contributed by atoms with van der Waals surface area (Å²) >= 11 is 6.33. The third-order valence-corrected chi connectivity index (χ3v) is 3.98. The van der Waals surface area contributed by atoms with Gasteiger partial charge in [0.05, 0.1) is 0 Å². The van der Waals surface area contributed by atoms with E-state index in [1.165, 1.54) is 16.5 Å². The molecule has 1 aliphatic heterocycles. The van der Waals surface area contributed by atoms with Gasteiger partial charge in [-0.15, -0.1) is 0 Å². The highest BCUT2D eigenvalue weighted by Crippen LogP contribution is 2.23. The first-order chi connectivity index (χ1) is 8.83. The van der Waals surface area contributed by atoms with Gasteiger partial charge in [-0.25, -0.2) is 0 Å². The number of hydrogen-bond acceptors (Lipinski definition) is 2. The third kappa shape index (κ3) is 2.53. The van der Waals surface area contributed by atoms with E-state index < -0.39 is 0 Å². The van der Waals surface area contributed by atoms with Crippen molar-refractivity contribution in [3.8, 4) is 0 Å². The minimum atomic E-state index is 0.886. The third-order valence-electron chi connectivity index (χ3n) is 3.63. The minimum absolute atomic E-state index is 0.886. The van der Waals surface area contributed by atoms with Gasteiger partial charge in [-0.1, -0.05) is 11.6 Å². The Morgan fingerprint density at radius 2 is 2.06 bits per heavy atom. The Bertz CT molecular complexity index is 529. The van der Waals surface area contributed by atoms with E-state index in [0.717, 1.165) is 44.2 Å². The summed E-state index contributed by atoms with van der Waals surface area (Å²) in [5.41, 5.74) is 2.42. The lowest BCUT2D eigenvalue weighted by Crippen LogP contribution is -2.44. The van der Waals surface area contributed by atoms with Gasteiger partial charge in [0.1, 0.15) is 0 Å². The normalized spacial score (nSPS) is 17.4. The van der Waals surface area contributed by atoms with Crippen molar-refractivity contribution in [1.29, 1.82) is 0 Å². The number of rotatable bonds is 3. The van der Waals surface area contributed by atoms with Gasteiger partial charge in [0.25, 0.3) is 0 Å². The summed E-state index contributed by atoms with van der Waals surface area (Å²) in [6, 6.07) is 6.29. The number of nitrogens with one attached hydrogen (secondary N) is 2. The number of fused-ring (bicyclic) bond motifs is 1. The lowest BCUT2D eigenvalue weighted by atomic mass is 10.1. The van der Waals surface area contributed by atoms with E-state index in [1.54, 1.807) is 0 Å². The van der Waals surface area contributed by atoms with Crippen LogP contribution in [-0.2, 0) is 6.42 Å². The zero-order valence-electron chi connectivity index (χ0n) is 10.4. The van der Waals surface area contributed by atoms with Crippen molar-refractivity contribution < 1.29 is 0 Å². The maximum atomic E-state index is 6.33. The molecule has 0 atom stereocenters. The summed E-state index contributed by atoms with van der Waals surface area (Å²) in [5, 5.41) is 5.44. The average Bonchev–Trinajstić information content (AvgIpc) is 2.84. The van der Waals surface area contributed by atoms with Crippen LogP contribution in [0, 0.1) is 0 Å². The Labute approximate surface area is 112 Å². The number of nitrogens with zero attached hydrogens (tertiary/aromatic N) is 1. The van der Waals surface area contributed by atoms with E-state index in [2.05, 4.69) is 33.4 Å². The number of benzene rings is 1. The molecular weight excluding hydrogens is 246 g/mol. The molecule has 1 fully saturated rings. The zero-order chi connectivity index (χ0) is 12.4. The van der Waals surface area contributed by atoms with Crippen LogP contribution in [-0.4, -0.2) is 42.6 Å². The Morgan fingerprint density at radius 3 is 2.89 bits per heavy atom. The van der Waals surface area contributed by atoms with E-state index in [0.29, 0.717) is 0 Å². The molecule has 4 heteroatoms. The number of H-pyrrole nitrogens is 1. The Hall–Kier alpha value is -1.03. The number of aromatic nitrogens is 1. The topological polar surface area (TPSA) is 31.1 Å². The monoisotopic (exact) mass is 263 g/mol. The van der Waals surface area contributed by atoms with Crippen LogP contribution in [0.15, 0.2) is 24.4 Å². The molecule has 0 radical (unpaired) electrons. The molecule has 0 amide bonds. The van der Waals surface area contributed by atoms with Crippen LogP contribution in [0.25, 0.3) is 10.9 Å². The summed E-state index contributed by atoms with van der Waals surface area (Å²) in [4.78, 5) is 5.73. The number of aromatic amines is 1. The highest BCUT2D eigenvalue weighted by molar-refractivity contribution is 6.32. The van der Waals surface area contributed by atoms with E-state index in [9.17, 15) is 0 Å². The average molecular weight is 264 g/mol.